The molecule has 0 aliphatic heterocycles. The van der Waals surface area contributed by atoms with E-state index in [0.717, 1.165) is 40.1 Å². The summed E-state index contributed by atoms with van der Waals surface area (Å²) in [5.74, 6) is 0.856. The van der Waals surface area contributed by atoms with Gasteiger partial charge in [0.15, 0.2) is 0 Å². The second kappa shape index (κ2) is 5.61. The predicted octanol–water partition coefficient (Wildman–Crippen LogP) is 4.06. The average Bonchev–Trinajstić information content (AvgIpc) is 2.41. The standard InChI is InChI=1S/C17H19NO/c1-12(2)11-16-15(5-4-6-17(16)18)13-7-9-14(19-3)10-8-13/h4-10H,1,11,18H2,2-3H3. The number of hydrogen-bond donors (Lipinski definition) is 1. The summed E-state index contributed by atoms with van der Waals surface area (Å²) in [4.78, 5) is 0. The summed E-state index contributed by atoms with van der Waals surface area (Å²) in [6.07, 6.45) is 0.800. The maximum atomic E-state index is 6.10. The van der Waals surface area contributed by atoms with E-state index in [2.05, 4.69) is 24.8 Å². The Hall–Kier alpha value is -2.22. The molecule has 0 spiro atoms. The van der Waals surface area contributed by atoms with Gasteiger partial charge in [0.1, 0.15) is 5.75 Å². The van der Waals surface area contributed by atoms with Crippen molar-refractivity contribution >= 4 is 5.69 Å². The van der Waals surface area contributed by atoms with Gasteiger partial charge in [0.25, 0.3) is 0 Å². The van der Waals surface area contributed by atoms with E-state index < -0.39 is 0 Å². The van der Waals surface area contributed by atoms with Crippen LogP contribution in [0.3, 0.4) is 0 Å². The molecule has 0 atom stereocenters. The van der Waals surface area contributed by atoms with Crippen LogP contribution in [0.15, 0.2) is 54.6 Å². The Morgan fingerprint density at radius 2 is 1.84 bits per heavy atom. The molecule has 2 nitrogen and oxygen atoms in total. The van der Waals surface area contributed by atoms with Crippen molar-refractivity contribution in [1.29, 1.82) is 0 Å². The number of allylic oxidation sites excluding steroid dienone is 1. The van der Waals surface area contributed by atoms with Gasteiger partial charge in [-0.15, -0.1) is 0 Å². The monoisotopic (exact) mass is 253 g/mol. The molecular formula is C17H19NO. The summed E-state index contributed by atoms with van der Waals surface area (Å²) >= 11 is 0. The van der Waals surface area contributed by atoms with Crippen molar-refractivity contribution in [1.82, 2.24) is 0 Å². The van der Waals surface area contributed by atoms with Crippen LogP contribution < -0.4 is 10.5 Å². The summed E-state index contributed by atoms with van der Waals surface area (Å²) < 4.78 is 5.18. The molecule has 0 saturated heterocycles. The molecule has 2 aromatic carbocycles. The number of methoxy groups -OCH3 is 1. The van der Waals surface area contributed by atoms with Gasteiger partial charge in [-0.1, -0.05) is 36.4 Å². The number of benzene rings is 2. The molecule has 0 saturated carbocycles. The van der Waals surface area contributed by atoms with Crippen molar-refractivity contribution in [3.63, 3.8) is 0 Å². The minimum absolute atomic E-state index is 0.800. The molecule has 2 heteroatoms. The highest BCUT2D eigenvalue weighted by atomic mass is 16.5. The van der Waals surface area contributed by atoms with Crippen LogP contribution in [0.1, 0.15) is 12.5 Å². The Bertz CT molecular complexity index is 585. The van der Waals surface area contributed by atoms with Crippen molar-refractivity contribution in [3.8, 4) is 16.9 Å². The smallest absolute Gasteiger partial charge is 0.118 e. The van der Waals surface area contributed by atoms with E-state index >= 15 is 0 Å². The molecule has 0 aliphatic rings. The van der Waals surface area contributed by atoms with Crippen LogP contribution in [0, 0.1) is 0 Å². The van der Waals surface area contributed by atoms with Crippen LogP contribution in [0.5, 0.6) is 5.75 Å². The van der Waals surface area contributed by atoms with E-state index in [1.54, 1.807) is 7.11 Å². The third kappa shape index (κ3) is 2.97. The lowest BCUT2D eigenvalue weighted by atomic mass is 9.94. The van der Waals surface area contributed by atoms with Crippen molar-refractivity contribution in [2.24, 2.45) is 0 Å². The van der Waals surface area contributed by atoms with Crippen LogP contribution >= 0.6 is 0 Å². The number of nitrogen functional groups attached to an aromatic ring is 1. The van der Waals surface area contributed by atoms with Crippen LogP contribution in [0.2, 0.25) is 0 Å². The molecular weight excluding hydrogens is 234 g/mol. The molecule has 98 valence electrons. The SMILES string of the molecule is C=C(C)Cc1c(N)cccc1-c1ccc(OC)cc1. The first kappa shape index (κ1) is 13.2. The maximum absolute atomic E-state index is 6.10. The molecule has 0 bridgehead atoms. The molecule has 0 aliphatic carbocycles. The van der Waals surface area contributed by atoms with E-state index in [0.29, 0.717) is 0 Å². The lowest BCUT2D eigenvalue weighted by Crippen LogP contribution is -1.98. The van der Waals surface area contributed by atoms with Gasteiger partial charge in [0, 0.05) is 5.69 Å². The first-order chi connectivity index (χ1) is 9.11. The third-order valence-electron chi connectivity index (χ3n) is 3.09. The number of hydrogen-bond acceptors (Lipinski definition) is 2. The molecule has 0 heterocycles. The molecule has 2 rings (SSSR count). The Kier molecular flexibility index (Phi) is 3.91. The van der Waals surface area contributed by atoms with Gasteiger partial charge in [-0.2, -0.15) is 0 Å². The van der Waals surface area contributed by atoms with Gasteiger partial charge < -0.3 is 10.5 Å². The summed E-state index contributed by atoms with van der Waals surface area (Å²) in [5, 5.41) is 0. The molecule has 0 fully saturated rings. The Labute approximate surface area is 114 Å². The normalized spacial score (nSPS) is 10.2. The Morgan fingerprint density at radius 3 is 2.42 bits per heavy atom. The number of ether oxygens (including phenoxy) is 1. The quantitative estimate of drug-likeness (QED) is 0.658. The highest BCUT2D eigenvalue weighted by Gasteiger charge is 2.08. The fraction of sp³-hybridized carbons (Fsp3) is 0.176. The number of anilines is 1. The molecule has 0 aromatic heterocycles. The van der Waals surface area contributed by atoms with E-state index in [9.17, 15) is 0 Å². The summed E-state index contributed by atoms with van der Waals surface area (Å²) in [6, 6.07) is 14.0. The van der Waals surface area contributed by atoms with E-state index in [-0.39, 0.29) is 0 Å². The second-order valence-electron chi connectivity index (χ2n) is 4.74. The van der Waals surface area contributed by atoms with Gasteiger partial charge in [-0.25, -0.2) is 0 Å². The van der Waals surface area contributed by atoms with Crippen molar-refractivity contribution in [2.75, 3.05) is 12.8 Å². The minimum atomic E-state index is 0.800. The highest BCUT2D eigenvalue weighted by molar-refractivity contribution is 5.74. The number of nitrogens with two attached hydrogens (primary N) is 1. The summed E-state index contributed by atoms with van der Waals surface area (Å²) in [6.45, 7) is 6.00. The largest absolute Gasteiger partial charge is 0.497 e. The zero-order valence-corrected chi connectivity index (χ0v) is 11.4. The zero-order valence-electron chi connectivity index (χ0n) is 11.4. The topological polar surface area (TPSA) is 35.2 Å². The second-order valence-corrected chi connectivity index (χ2v) is 4.74. The van der Waals surface area contributed by atoms with E-state index in [1.165, 1.54) is 0 Å². The zero-order chi connectivity index (χ0) is 13.8. The summed E-state index contributed by atoms with van der Waals surface area (Å²) in [5.41, 5.74) is 11.5. The Morgan fingerprint density at radius 1 is 1.16 bits per heavy atom. The average molecular weight is 253 g/mol. The van der Waals surface area contributed by atoms with Gasteiger partial charge in [-0.3, -0.25) is 0 Å². The van der Waals surface area contributed by atoms with Gasteiger partial charge in [0.2, 0.25) is 0 Å². The van der Waals surface area contributed by atoms with Gasteiger partial charge >= 0.3 is 0 Å². The predicted molar refractivity (Wildman–Crippen MR) is 81.4 cm³/mol. The molecule has 0 unspecified atom stereocenters. The van der Waals surface area contributed by atoms with Crippen LogP contribution in [-0.2, 0) is 6.42 Å². The fourth-order valence-corrected chi connectivity index (χ4v) is 2.14. The lowest BCUT2D eigenvalue weighted by molar-refractivity contribution is 0.415. The van der Waals surface area contributed by atoms with Gasteiger partial charge in [0.05, 0.1) is 7.11 Å². The van der Waals surface area contributed by atoms with E-state index in [4.69, 9.17) is 10.5 Å². The van der Waals surface area contributed by atoms with Crippen LogP contribution in [-0.4, -0.2) is 7.11 Å². The molecule has 2 aromatic rings. The molecule has 0 amide bonds. The first-order valence-electron chi connectivity index (χ1n) is 6.28. The third-order valence-corrected chi connectivity index (χ3v) is 3.09. The minimum Gasteiger partial charge on any atom is -0.497 e. The first-order valence-corrected chi connectivity index (χ1v) is 6.28. The van der Waals surface area contributed by atoms with Crippen LogP contribution in [0.4, 0.5) is 5.69 Å². The molecule has 19 heavy (non-hydrogen) atoms. The van der Waals surface area contributed by atoms with E-state index in [1.807, 2.05) is 31.2 Å². The molecule has 2 N–H and O–H groups in total. The van der Waals surface area contributed by atoms with Gasteiger partial charge in [-0.05, 0) is 48.2 Å². The lowest BCUT2D eigenvalue weighted by Gasteiger charge is -2.13. The molecule has 0 radical (unpaired) electrons. The van der Waals surface area contributed by atoms with Crippen molar-refractivity contribution in [3.05, 3.63) is 60.2 Å². The fourth-order valence-electron chi connectivity index (χ4n) is 2.14. The van der Waals surface area contributed by atoms with Crippen molar-refractivity contribution in [2.45, 2.75) is 13.3 Å². The number of rotatable bonds is 4. The Balaban J connectivity index is 2.48. The summed E-state index contributed by atoms with van der Waals surface area (Å²) in [7, 11) is 1.67. The van der Waals surface area contributed by atoms with Crippen molar-refractivity contribution < 1.29 is 4.74 Å². The maximum Gasteiger partial charge on any atom is 0.118 e. The van der Waals surface area contributed by atoms with Crippen LogP contribution in [0.25, 0.3) is 11.1 Å². The highest BCUT2D eigenvalue weighted by Crippen LogP contribution is 2.30.